The molecule has 1 aliphatic rings. The van der Waals surface area contributed by atoms with Crippen molar-refractivity contribution in [2.24, 2.45) is 0 Å². The molecule has 1 fully saturated rings. The quantitative estimate of drug-likeness (QED) is 0.586. The Kier molecular flexibility index (Phi) is 6.78. The lowest BCUT2D eigenvalue weighted by molar-refractivity contribution is 0.0516. The van der Waals surface area contributed by atoms with Gasteiger partial charge in [-0.1, -0.05) is 25.1 Å². The van der Waals surface area contributed by atoms with Crippen molar-refractivity contribution in [1.29, 1.82) is 0 Å². The van der Waals surface area contributed by atoms with Crippen molar-refractivity contribution in [3.8, 4) is 5.75 Å². The molecule has 0 bridgehead atoms. The summed E-state index contributed by atoms with van der Waals surface area (Å²) >= 11 is 0. The van der Waals surface area contributed by atoms with Crippen LogP contribution in [-0.4, -0.2) is 58.9 Å². The molecule has 3 aromatic rings. The van der Waals surface area contributed by atoms with Crippen molar-refractivity contribution in [3.63, 3.8) is 0 Å². The van der Waals surface area contributed by atoms with E-state index in [0.717, 1.165) is 41.5 Å². The van der Waals surface area contributed by atoms with Gasteiger partial charge in [0, 0.05) is 48.2 Å². The summed E-state index contributed by atoms with van der Waals surface area (Å²) in [6, 6.07) is 17.3. The predicted octanol–water partition coefficient (Wildman–Crippen LogP) is 4.72. The highest BCUT2D eigenvalue weighted by atomic mass is 16.5. The van der Waals surface area contributed by atoms with E-state index >= 15 is 0 Å². The first-order valence-corrected chi connectivity index (χ1v) is 11.5. The standard InChI is InChI=1S/C26H31N3O3/c1-3-14-29(21-12-15-28(16-13-21)25(30)19-8-6-5-7-9-19)26(31)24-17-20-10-11-22(32-4-2)18-23(20)27-24/h5-11,17-18,21,27H,3-4,12-16H2,1-2H3. The Balaban J connectivity index is 1.46. The van der Waals surface area contributed by atoms with E-state index < -0.39 is 0 Å². The molecule has 0 spiro atoms. The number of nitrogens with zero attached hydrogens (tertiary/aromatic N) is 2. The lowest BCUT2D eigenvalue weighted by Crippen LogP contribution is -2.49. The van der Waals surface area contributed by atoms with Crippen LogP contribution in [-0.2, 0) is 0 Å². The van der Waals surface area contributed by atoms with Gasteiger partial charge in [0.1, 0.15) is 11.4 Å². The van der Waals surface area contributed by atoms with Crippen molar-refractivity contribution in [2.75, 3.05) is 26.2 Å². The van der Waals surface area contributed by atoms with Gasteiger partial charge in [0.05, 0.1) is 6.61 Å². The van der Waals surface area contributed by atoms with Crippen molar-refractivity contribution in [2.45, 2.75) is 39.2 Å². The molecule has 0 radical (unpaired) electrons. The lowest BCUT2D eigenvalue weighted by Gasteiger charge is -2.38. The third-order valence-corrected chi connectivity index (χ3v) is 6.07. The van der Waals surface area contributed by atoms with Gasteiger partial charge in [-0.2, -0.15) is 0 Å². The number of likely N-dealkylation sites (tertiary alicyclic amines) is 1. The number of benzene rings is 2. The second kappa shape index (κ2) is 9.90. The number of carbonyl (C=O) groups excluding carboxylic acids is 2. The molecule has 168 valence electrons. The number of ether oxygens (including phenoxy) is 1. The zero-order chi connectivity index (χ0) is 22.5. The summed E-state index contributed by atoms with van der Waals surface area (Å²) in [6.07, 6.45) is 2.47. The van der Waals surface area contributed by atoms with E-state index in [2.05, 4.69) is 11.9 Å². The van der Waals surface area contributed by atoms with Crippen LogP contribution in [0.4, 0.5) is 0 Å². The first-order valence-electron chi connectivity index (χ1n) is 11.5. The molecule has 32 heavy (non-hydrogen) atoms. The van der Waals surface area contributed by atoms with Gasteiger partial charge in [-0.25, -0.2) is 0 Å². The number of rotatable bonds is 7. The van der Waals surface area contributed by atoms with Crippen molar-refractivity contribution in [3.05, 3.63) is 65.9 Å². The third kappa shape index (κ3) is 4.64. The summed E-state index contributed by atoms with van der Waals surface area (Å²) in [4.78, 5) is 33.4. The number of fused-ring (bicyclic) bond motifs is 1. The molecule has 1 saturated heterocycles. The summed E-state index contributed by atoms with van der Waals surface area (Å²) < 4.78 is 5.58. The number of aromatic amines is 1. The third-order valence-electron chi connectivity index (χ3n) is 6.07. The van der Waals surface area contributed by atoms with Crippen LogP contribution in [0.3, 0.4) is 0 Å². The molecule has 0 aliphatic carbocycles. The van der Waals surface area contributed by atoms with Crippen LogP contribution < -0.4 is 4.74 Å². The minimum atomic E-state index is 0.0221. The van der Waals surface area contributed by atoms with E-state index in [1.165, 1.54) is 0 Å². The van der Waals surface area contributed by atoms with Crippen LogP contribution in [0.25, 0.3) is 10.9 Å². The van der Waals surface area contributed by atoms with Gasteiger partial charge in [0.25, 0.3) is 11.8 Å². The predicted molar refractivity (Wildman–Crippen MR) is 126 cm³/mol. The van der Waals surface area contributed by atoms with Crippen molar-refractivity contribution in [1.82, 2.24) is 14.8 Å². The summed E-state index contributed by atoms with van der Waals surface area (Å²) in [5.41, 5.74) is 2.22. The van der Waals surface area contributed by atoms with Gasteiger partial charge in [-0.15, -0.1) is 0 Å². The largest absolute Gasteiger partial charge is 0.494 e. The maximum Gasteiger partial charge on any atom is 0.270 e. The number of carbonyl (C=O) groups is 2. The molecular formula is C26H31N3O3. The maximum atomic E-state index is 13.4. The zero-order valence-electron chi connectivity index (χ0n) is 18.8. The molecule has 6 nitrogen and oxygen atoms in total. The average Bonchev–Trinajstić information content (AvgIpc) is 3.26. The molecule has 1 aliphatic heterocycles. The fourth-order valence-electron chi connectivity index (χ4n) is 4.47. The number of piperidine rings is 1. The molecule has 1 aromatic heterocycles. The van der Waals surface area contributed by atoms with Crippen LogP contribution in [0.1, 0.15) is 54.0 Å². The molecule has 2 aromatic carbocycles. The Morgan fingerprint density at radius 3 is 2.50 bits per heavy atom. The fraction of sp³-hybridized carbons (Fsp3) is 0.385. The SMILES string of the molecule is CCCN(C(=O)c1cc2ccc(OCC)cc2[nH]1)C1CCN(C(=O)c2ccccc2)CC1. The van der Waals surface area contributed by atoms with E-state index in [4.69, 9.17) is 4.74 Å². The van der Waals surface area contributed by atoms with Gasteiger partial charge in [-0.3, -0.25) is 9.59 Å². The van der Waals surface area contributed by atoms with E-state index in [1.807, 2.05) is 71.3 Å². The average molecular weight is 434 g/mol. The number of H-pyrrole nitrogens is 1. The molecule has 1 N–H and O–H groups in total. The Morgan fingerprint density at radius 2 is 1.81 bits per heavy atom. The number of aromatic nitrogens is 1. The second-order valence-electron chi connectivity index (χ2n) is 8.25. The summed E-state index contributed by atoms with van der Waals surface area (Å²) in [6.45, 7) is 6.68. The number of amides is 2. The highest BCUT2D eigenvalue weighted by molar-refractivity contribution is 5.98. The topological polar surface area (TPSA) is 65.6 Å². The fourth-order valence-corrected chi connectivity index (χ4v) is 4.47. The molecule has 0 atom stereocenters. The van der Waals surface area contributed by atoms with E-state index in [-0.39, 0.29) is 17.9 Å². The Morgan fingerprint density at radius 1 is 1.06 bits per heavy atom. The highest BCUT2D eigenvalue weighted by Crippen LogP contribution is 2.25. The van der Waals surface area contributed by atoms with Crippen LogP contribution in [0, 0.1) is 0 Å². The second-order valence-corrected chi connectivity index (χ2v) is 8.25. The smallest absolute Gasteiger partial charge is 0.270 e. The summed E-state index contributed by atoms with van der Waals surface area (Å²) in [7, 11) is 0. The zero-order valence-corrected chi connectivity index (χ0v) is 18.8. The molecule has 0 saturated carbocycles. The molecule has 2 heterocycles. The summed E-state index contributed by atoms with van der Waals surface area (Å²) in [5, 5.41) is 0.997. The molecule has 2 amide bonds. The van der Waals surface area contributed by atoms with Crippen molar-refractivity contribution >= 4 is 22.7 Å². The number of hydrogen-bond acceptors (Lipinski definition) is 3. The Labute approximate surface area is 189 Å². The summed E-state index contributed by atoms with van der Waals surface area (Å²) in [5.74, 6) is 0.883. The van der Waals surface area contributed by atoms with Crippen LogP contribution in [0.15, 0.2) is 54.6 Å². The van der Waals surface area contributed by atoms with Gasteiger partial charge in [0.2, 0.25) is 0 Å². The van der Waals surface area contributed by atoms with Crippen LogP contribution in [0.5, 0.6) is 5.75 Å². The minimum absolute atomic E-state index is 0.0221. The van der Waals surface area contributed by atoms with Crippen LogP contribution >= 0.6 is 0 Å². The van der Waals surface area contributed by atoms with Gasteiger partial charge < -0.3 is 19.5 Å². The minimum Gasteiger partial charge on any atom is -0.494 e. The Hall–Kier alpha value is -3.28. The monoisotopic (exact) mass is 433 g/mol. The molecule has 0 unspecified atom stereocenters. The number of nitrogens with one attached hydrogen (secondary N) is 1. The van der Waals surface area contributed by atoms with Crippen LogP contribution in [0.2, 0.25) is 0 Å². The van der Waals surface area contributed by atoms with Gasteiger partial charge in [-0.05, 0) is 56.5 Å². The first-order chi connectivity index (χ1) is 15.6. The normalized spacial score (nSPS) is 14.5. The number of hydrogen-bond donors (Lipinski definition) is 1. The van der Waals surface area contributed by atoms with Gasteiger partial charge >= 0.3 is 0 Å². The van der Waals surface area contributed by atoms with E-state index in [0.29, 0.717) is 31.9 Å². The van der Waals surface area contributed by atoms with E-state index in [1.54, 1.807) is 0 Å². The maximum absolute atomic E-state index is 13.4. The molecular weight excluding hydrogens is 402 g/mol. The van der Waals surface area contributed by atoms with E-state index in [9.17, 15) is 9.59 Å². The molecule has 6 heteroatoms. The Bertz CT molecular complexity index is 1070. The lowest BCUT2D eigenvalue weighted by atomic mass is 10.0. The molecule has 4 rings (SSSR count). The van der Waals surface area contributed by atoms with Crippen molar-refractivity contribution < 1.29 is 14.3 Å². The first kappa shape index (κ1) is 21.9. The highest BCUT2D eigenvalue weighted by Gasteiger charge is 2.30. The van der Waals surface area contributed by atoms with Gasteiger partial charge in [0.15, 0.2) is 0 Å².